The summed E-state index contributed by atoms with van der Waals surface area (Å²) in [7, 11) is -0.942. The van der Waals surface area contributed by atoms with Gasteiger partial charge in [0.15, 0.2) is 0 Å². The molecule has 0 unspecified atom stereocenters. The van der Waals surface area contributed by atoms with Crippen LogP contribution in [-0.2, 0) is 18.9 Å². The molecule has 0 saturated heterocycles. The Balaban J connectivity index is 1.89. The molecule has 31 heavy (non-hydrogen) atoms. The van der Waals surface area contributed by atoms with E-state index in [-0.39, 0.29) is 5.04 Å². The minimum atomic E-state index is -1.88. The standard InChI is InChI=1S/C28H36OSi2/c1-28(2,3)31(5,6)29-27-18-12-11-16-25(27)20-23-14-8-7-13-22(23)19-24-15-9-10-17-26(24)21-30-4/h7-18H,19-21H2,1-6H3. The summed E-state index contributed by atoms with van der Waals surface area (Å²) in [6, 6.07) is 27.6. The van der Waals surface area contributed by atoms with Gasteiger partial charge in [-0.25, -0.2) is 0 Å². The summed E-state index contributed by atoms with van der Waals surface area (Å²) in [4.78, 5) is 0. The molecule has 0 heterocycles. The summed E-state index contributed by atoms with van der Waals surface area (Å²) >= 11 is 0. The molecule has 2 radical (unpaired) electrons. The maximum atomic E-state index is 6.72. The highest BCUT2D eigenvalue weighted by Gasteiger charge is 2.39. The zero-order chi connectivity index (χ0) is 22.5. The predicted molar refractivity (Wildman–Crippen MR) is 138 cm³/mol. The highest BCUT2D eigenvalue weighted by molar-refractivity contribution is 6.74. The largest absolute Gasteiger partial charge is 0.543 e. The predicted octanol–water partition coefficient (Wildman–Crippen LogP) is 7.50. The van der Waals surface area contributed by atoms with Gasteiger partial charge < -0.3 is 4.43 Å². The Morgan fingerprint density at radius 1 is 0.677 bits per heavy atom. The molecule has 0 bridgehead atoms. The van der Waals surface area contributed by atoms with Crippen LogP contribution in [0.4, 0.5) is 0 Å². The molecule has 0 aliphatic carbocycles. The Morgan fingerprint density at radius 2 is 1.10 bits per heavy atom. The first kappa shape index (κ1) is 23.6. The lowest BCUT2D eigenvalue weighted by molar-refractivity contribution is 0.488. The van der Waals surface area contributed by atoms with Crippen molar-refractivity contribution in [3.05, 3.63) is 101 Å². The number of hydrogen-bond donors (Lipinski definition) is 0. The van der Waals surface area contributed by atoms with Gasteiger partial charge in [0.25, 0.3) is 0 Å². The van der Waals surface area contributed by atoms with Crippen LogP contribution in [0.15, 0.2) is 72.8 Å². The Kier molecular flexibility index (Phi) is 7.61. The van der Waals surface area contributed by atoms with Crippen LogP contribution in [0, 0.1) is 0 Å². The summed E-state index contributed by atoms with van der Waals surface area (Å²) in [6.07, 6.45) is 1.89. The van der Waals surface area contributed by atoms with Crippen LogP contribution in [0.3, 0.4) is 0 Å². The smallest absolute Gasteiger partial charge is 0.250 e. The van der Waals surface area contributed by atoms with Gasteiger partial charge in [0.2, 0.25) is 8.32 Å². The van der Waals surface area contributed by atoms with Crippen LogP contribution in [0.5, 0.6) is 5.75 Å². The number of benzene rings is 3. The van der Waals surface area contributed by atoms with Crippen molar-refractivity contribution in [2.75, 3.05) is 0 Å². The van der Waals surface area contributed by atoms with Crippen molar-refractivity contribution in [3.8, 4) is 5.75 Å². The van der Waals surface area contributed by atoms with Gasteiger partial charge in [0.05, 0.1) is 0 Å². The summed E-state index contributed by atoms with van der Waals surface area (Å²) in [6.45, 7) is 13.8. The monoisotopic (exact) mass is 444 g/mol. The van der Waals surface area contributed by atoms with Crippen LogP contribution >= 0.6 is 0 Å². The van der Waals surface area contributed by atoms with Crippen LogP contribution in [0.25, 0.3) is 0 Å². The summed E-state index contributed by atoms with van der Waals surface area (Å²) in [5.41, 5.74) is 7.03. The van der Waals surface area contributed by atoms with Gasteiger partial charge in [-0.1, -0.05) is 94.0 Å². The fourth-order valence-electron chi connectivity index (χ4n) is 3.58. The first-order valence-corrected chi connectivity index (χ1v) is 15.9. The number of hydrogen-bond acceptors (Lipinski definition) is 1. The molecule has 3 rings (SSSR count). The third kappa shape index (κ3) is 5.99. The molecule has 0 saturated carbocycles. The van der Waals surface area contributed by atoms with Crippen LogP contribution < -0.4 is 4.43 Å². The topological polar surface area (TPSA) is 9.23 Å². The molecule has 0 fully saturated rings. The van der Waals surface area contributed by atoms with Gasteiger partial charge in [-0.2, -0.15) is 0 Å². The van der Waals surface area contributed by atoms with Crippen LogP contribution in [-0.4, -0.2) is 17.8 Å². The summed E-state index contributed by atoms with van der Waals surface area (Å²) in [5, 5.41) is 0.182. The minimum absolute atomic E-state index is 0.182. The Bertz CT molecular complexity index is 1000. The molecule has 3 aromatic carbocycles. The highest BCUT2D eigenvalue weighted by Crippen LogP contribution is 2.38. The lowest BCUT2D eigenvalue weighted by atomic mass is 9.93. The Labute approximate surface area is 192 Å². The molecule has 0 aliphatic heterocycles. The Hall–Kier alpha value is -2.11. The van der Waals surface area contributed by atoms with E-state index >= 15 is 0 Å². The van der Waals surface area contributed by atoms with Crippen molar-refractivity contribution in [1.82, 2.24) is 0 Å². The van der Waals surface area contributed by atoms with Gasteiger partial charge >= 0.3 is 0 Å². The molecule has 3 heteroatoms. The second kappa shape index (κ2) is 10.0. The quantitative estimate of drug-likeness (QED) is 0.327. The van der Waals surface area contributed by atoms with Crippen molar-refractivity contribution in [2.24, 2.45) is 0 Å². The van der Waals surface area contributed by atoms with Crippen molar-refractivity contribution in [1.29, 1.82) is 0 Å². The van der Waals surface area contributed by atoms with E-state index in [9.17, 15) is 0 Å². The second-order valence-electron chi connectivity index (χ2n) is 9.89. The van der Waals surface area contributed by atoms with E-state index < -0.39 is 8.32 Å². The molecule has 0 atom stereocenters. The molecule has 0 spiro atoms. The van der Waals surface area contributed by atoms with Crippen molar-refractivity contribution in [3.63, 3.8) is 0 Å². The zero-order valence-electron chi connectivity index (χ0n) is 20.0. The average molecular weight is 445 g/mol. The molecule has 0 N–H and O–H groups in total. The highest BCUT2D eigenvalue weighted by atomic mass is 28.4. The van der Waals surface area contributed by atoms with E-state index in [4.69, 9.17) is 4.43 Å². The van der Waals surface area contributed by atoms with Gasteiger partial charge in [-0.3, -0.25) is 0 Å². The number of rotatable bonds is 8. The molecule has 1 nitrogen and oxygen atoms in total. The van der Waals surface area contributed by atoms with E-state index in [0.717, 1.165) is 28.1 Å². The molecular weight excluding hydrogens is 408 g/mol. The van der Waals surface area contributed by atoms with Crippen molar-refractivity contribution < 1.29 is 4.43 Å². The third-order valence-electron chi connectivity index (χ3n) is 6.51. The third-order valence-corrected chi connectivity index (χ3v) is 11.6. The van der Waals surface area contributed by atoms with Gasteiger partial charge in [0, 0.05) is 15.9 Å². The second-order valence-corrected chi connectivity index (χ2v) is 15.7. The summed E-state index contributed by atoms with van der Waals surface area (Å²) in [5.74, 6) is 1.05. The average Bonchev–Trinajstić information content (AvgIpc) is 2.71. The first-order valence-electron chi connectivity index (χ1n) is 11.3. The van der Waals surface area contributed by atoms with E-state index in [1.54, 1.807) is 0 Å². The minimum Gasteiger partial charge on any atom is -0.543 e. The van der Waals surface area contributed by atoms with Gasteiger partial charge in [-0.15, -0.1) is 0 Å². The SMILES string of the molecule is C[Si]Cc1ccccc1Cc1ccccc1Cc1ccccc1O[Si](C)(C)C(C)(C)C. The lowest BCUT2D eigenvalue weighted by Gasteiger charge is -2.37. The normalized spacial score (nSPS) is 12.1. The zero-order valence-corrected chi connectivity index (χ0v) is 22.0. The van der Waals surface area contributed by atoms with Gasteiger partial charge in [-0.05, 0) is 64.5 Å². The van der Waals surface area contributed by atoms with E-state index in [1.807, 2.05) is 0 Å². The fourth-order valence-corrected chi connectivity index (χ4v) is 5.36. The van der Waals surface area contributed by atoms with Crippen LogP contribution in [0.1, 0.15) is 48.6 Å². The lowest BCUT2D eigenvalue weighted by Crippen LogP contribution is -2.44. The van der Waals surface area contributed by atoms with Gasteiger partial charge in [0.1, 0.15) is 5.75 Å². The molecular formula is C28H36OSi2. The molecule has 0 aliphatic rings. The number of para-hydroxylation sites is 1. The molecule has 3 aromatic rings. The van der Waals surface area contributed by atoms with Crippen LogP contribution in [0.2, 0.25) is 24.7 Å². The molecule has 0 amide bonds. The van der Waals surface area contributed by atoms with E-state index in [2.05, 4.69) is 113 Å². The van der Waals surface area contributed by atoms with E-state index in [1.165, 1.54) is 33.9 Å². The maximum Gasteiger partial charge on any atom is 0.250 e. The fraction of sp³-hybridized carbons (Fsp3) is 0.357. The van der Waals surface area contributed by atoms with Crippen molar-refractivity contribution in [2.45, 2.75) is 64.3 Å². The summed E-state index contributed by atoms with van der Waals surface area (Å²) < 4.78 is 6.72. The maximum absolute atomic E-state index is 6.72. The van der Waals surface area contributed by atoms with E-state index in [0.29, 0.717) is 0 Å². The van der Waals surface area contributed by atoms with Crippen molar-refractivity contribution >= 4 is 17.8 Å². The first-order chi connectivity index (χ1) is 14.7. The molecule has 0 aromatic heterocycles. The Morgan fingerprint density at radius 3 is 1.61 bits per heavy atom. The molecule has 162 valence electrons.